The van der Waals surface area contributed by atoms with Gasteiger partial charge in [0.2, 0.25) is 0 Å². The third-order valence-electron chi connectivity index (χ3n) is 4.93. The van der Waals surface area contributed by atoms with E-state index in [-0.39, 0.29) is 17.6 Å². The molecule has 7 heteroatoms. The predicted molar refractivity (Wildman–Crippen MR) is 105 cm³/mol. The molecular formula is C20H22ClN3O3. The van der Waals surface area contributed by atoms with Crippen LogP contribution in [0.4, 0.5) is 5.69 Å². The zero-order valence-electron chi connectivity index (χ0n) is 15.2. The molecule has 27 heavy (non-hydrogen) atoms. The molecule has 0 unspecified atom stereocenters. The fraction of sp³-hybridized carbons (Fsp3) is 0.350. The highest BCUT2D eigenvalue weighted by atomic mass is 35.5. The number of aryl methyl sites for hydroxylation is 1. The van der Waals surface area contributed by atoms with Crippen LogP contribution >= 0.6 is 11.6 Å². The summed E-state index contributed by atoms with van der Waals surface area (Å²) < 4.78 is 0. The maximum absolute atomic E-state index is 12.6. The second kappa shape index (κ2) is 8.50. The van der Waals surface area contributed by atoms with Gasteiger partial charge in [-0.3, -0.25) is 19.8 Å². The highest BCUT2D eigenvalue weighted by Gasteiger charge is 2.24. The molecule has 1 heterocycles. The van der Waals surface area contributed by atoms with Crippen LogP contribution in [-0.4, -0.2) is 35.4 Å². The highest BCUT2D eigenvalue weighted by molar-refractivity contribution is 6.30. The van der Waals surface area contributed by atoms with E-state index in [1.807, 2.05) is 24.3 Å². The van der Waals surface area contributed by atoms with Crippen molar-refractivity contribution in [2.75, 3.05) is 19.6 Å². The number of rotatable bonds is 6. The highest BCUT2D eigenvalue weighted by Crippen LogP contribution is 2.26. The van der Waals surface area contributed by atoms with Crippen molar-refractivity contribution in [3.05, 3.63) is 74.3 Å². The van der Waals surface area contributed by atoms with Gasteiger partial charge in [-0.05, 0) is 62.7 Å². The Labute approximate surface area is 163 Å². The second-order valence-electron chi connectivity index (χ2n) is 6.78. The molecule has 0 radical (unpaired) electrons. The molecule has 1 amide bonds. The number of nitro benzene ring substituents is 1. The van der Waals surface area contributed by atoms with Gasteiger partial charge in [0.05, 0.1) is 11.0 Å². The van der Waals surface area contributed by atoms with Gasteiger partial charge in [0.15, 0.2) is 0 Å². The molecule has 2 aromatic rings. The fourth-order valence-electron chi connectivity index (χ4n) is 3.52. The summed E-state index contributed by atoms with van der Waals surface area (Å²) in [4.78, 5) is 25.4. The molecule has 142 valence electrons. The van der Waals surface area contributed by atoms with Crippen molar-refractivity contribution in [1.29, 1.82) is 0 Å². The maximum Gasteiger partial charge on any atom is 0.272 e. The smallest absolute Gasteiger partial charge is 0.272 e. The van der Waals surface area contributed by atoms with E-state index in [0.717, 1.165) is 31.5 Å². The van der Waals surface area contributed by atoms with Crippen LogP contribution in [0.2, 0.25) is 5.02 Å². The summed E-state index contributed by atoms with van der Waals surface area (Å²) in [5, 5.41) is 14.6. The summed E-state index contributed by atoms with van der Waals surface area (Å²) in [6, 6.07) is 12.2. The topological polar surface area (TPSA) is 75.5 Å². The number of hydrogen-bond acceptors (Lipinski definition) is 4. The first-order valence-corrected chi connectivity index (χ1v) is 9.36. The summed E-state index contributed by atoms with van der Waals surface area (Å²) in [5.41, 5.74) is 1.98. The lowest BCUT2D eigenvalue weighted by molar-refractivity contribution is -0.385. The van der Waals surface area contributed by atoms with Crippen molar-refractivity contribution >= 4 is 23.2 Å². The molecule has 1 N–H and O–H groups in total. The molecule has 1 aliphatic heterocycles. The Hall–Kier alpha value is -2.44. The van der Waals surface area contributed by atoms with E-state index in [0.29, 0.717) is 22.7 Å². The Morgan fingerprint density at radius 2 is 2.00 bits per heavy atom. The molecular weight excluding hydrogens is 366 g/mol. The Kier molecular flexibility index (Phi) is 6.08. The number of benzene rings is 2. The molecule has 0 aliphatic carbocycles. The molecule has 0 aromatic heterocycles. The third kappa shape index (κ3) is 4.64. The largest absolute Gasteiger partial charge is 0.350 e. The summed E-state index contributed by atoms with van der Waals surface area (Å²) in [7, 11) is 0. The molecule has 0 saturated carbocycles. The van der Waals surface area contributed by atoms with E-state index >= 15 is 0 Å². The number of hydrogen-bond donors (Lipinski definition) is 1. The Morgan fingerprint density at radius 3 is 2.63 bits per heavy atom. The van der Waals surface area contributed by atoms with Crippen LogP contribution in [0.5, 0.6) is 0 Å². The van der Waals surface area contributed by atoms with Crippen molar-refractivity contribution in [2.24, 2.45) is 0 Å². The normalized spacial score (nSPS) is 15.5. The predicted octanol–water partition coefficient (Wildman–Crippen LogP) is 4.12. The van der Waals surface area contributed by atoms with Gasteiger partial charge < -0.3 is 5.32 Å². The average Bonchev–Trinajstić information content (AvgIpc) is 3.16. The summed E-state index contributed by atoms with van der Waals surface area (Å²) in [6.45, 7) is 4.07. The first-order chi connectivity index (χ1) is 13.0. The van der Waals surface area contributed by atoms with Crippen LogP contribution < -0.4 is 5.32 Å². The molecule has 2 aromatic carbocycles. The minimum absolute atomic E-state index is 0.0143. The summed E-state index contributed by atoms with van der Waals surface area (Å²) >= 11 is 6.15. The first-order valence-electron chi connectivity index (χ1n) is 8.98. The number of likely N-dealkylation sites (tertiary alicyclic amines) is 1. The van der Waals surface area contributed by atoms with Gasteiger partial charge in [-0.2, -0.15) is 0 Å². The Balaban J connectivity index is 1.74. The van der Waals surface area contributed by atoms with Crippen LogP contribution in [-0.2, 0) is 0 Å². The zero-order valence-corrected chi connectivity index (χ0v) is 15.9. The SMILES string of the molecule is Cc1cc(C(=O)NC[C@@H](c2cccc(Cl)c2)N2CCCC2)ccc1[N+](=O)[O-]. The number of nitrogens with zero attached hydrogens (tertiary/aromatic N) is 2. The zero-order chi connectivity index (χ0) is 19.4. The number of nitrogens with one attached hydrogen (secondary N) is 1. The standard InChI is InChI=1S/C20H22ClN3O3/c1-14-11-16(7-8-18(14)24(26)27)20(25)22-13-19(23-9-2-3-10-23)15-5-4-6-17(21)12-15/h4-8,11-12,19H,2-3,9-10,13H2,1H3,(H,22,25)/t19-/m0/s1. The van der Waals surface area contributed by atoms with Gasteiger partial charge in [0.1, 0.15) is 0 Å². The Bertz CT molecular complexity index is 850. The van der Waals surface area contributed by atoms with Gasteiger partial charge in [-0.1, -0.05) is 23.7 Å². The molecule has 1 aliphatic rings. The third-order valence-corrected chi connectivity index (χ3v) is 5.16. The lowest BCUT2D eigenvalue weighted by Crippen LogP contribution is -2.36. The molecule has 3 rings (SSSR count). The first kappa shape index (κ1) is 19.3. The van der Waals surface area contributed by atoms with Crippen molar-refractivity contribution in [2.45, 2.75) is 25.8 Å². The van der Waals surface area contributed by atoms with Crippen LogP contribution in [0.1, 0.15) is 40.4 Å². The van der Waals surface area contributed by atoms with E-state index in [2.05, 4.69) is 10.2 Å². The van der Waals surface area contributed by atoms with E-state index in [1.165, 1.54) is 12.1 Å². The van der Waals surface area contributed by atoms with Crippen LogP contribution in [0.25, 0.3) is 0 Å². The maximum atomic E-state index is 12.6. The van der Waals surface area contributed by atoms with Gasteiger partial charge in [0, 0.05) is 28.8 Å². The molecule has 1 saturated heterocycles. The molecule has 0 spiro atoms. The molecule has 1 atom stereocenters. The minimum atomic E-state index is -0.445. The van der Waals surface area contributed by atoms with E-state index in [4.69, 9.17) is 11.6 Å². The fourth-order valence-corrected chi connectivity index (χ4v) is 3.72. The lowest BCUT2D eigenvalue weighted by Gasteiger charge is -2.28. The monoisotopic (exact) mass is 387 g/mol. The van der Waals surface area contributed by atoms with Gasteiger partial charge in [-0.15, -0.1) is 0 Å². The van der Waals surface area contributed by atoms with Crippen molar-refractivity contribution < 1.29 is 9.72 Å². The number of carbonyl (C=O) groups excluding carboxylic acids is 1. The quantitative estimate of drug-likeness (QED) is 0.597. The minimum Gasteiger partial charge on any atom is -0.350 e. The molecule has 1 fully saturated rings. The van der Waals surface area contributed by atoms with Crippen molar-refractivity contribution in [1.82, 2.24) is 10.2 Å². The molecule has 6 nitrogen and oxygen atoms in total. The Morgan fingerprint density at radius 1 is 1.26 bits per heavy atom. The van der Waals surface area contributed by atoms with Gasteiger partial charge >= 0.3 is 0 Å². The van der Waals surface area contributed by atoms with E-state index in [9.17, 15) is 14.9 Å². The number of carbonyl (C=O) groups is 1. The van der Waals surface area contributed by atoms with Crippen molar-refractivity contribution in [3.8, 4) is 0 Å². The average molecular weight is 388 g/mol. The van der Waals surface area contributed by atoms with Crippen molar-refractivity contribution in [3.63, 3.8) is 0 Å². The number of amides is 1. The van der Waals surface area contributed by atoms with Gasteiger partial charge in [-0.25, -0.2) is 0 Å². The number of nitro groups is 1. The van der Waals surface area contributed by atoms with Gasteiger partial charge in [0.25, 0.3) is 11.6 Å². The molecule has 0 bridgehead atoms. The van der Waals surface area contributed by atoms with E-state index in [1.54, 1.807) is 13.0 Å². The number of halogens is 1. The van der Waals surface area contributed by atoms with Crippen LogP contribution in [0.3, 0.4) is 0 Å². The summed E-state index contributed by atoms with van der Waals surface area (Å²) in [5.74, 6) is -0.237. The second-order valence-corrected chi connectivity index (χ2v) is 7.22. The van der Waals surface area contributed by atoms with Crippen LogP contribution in [0.15, 0.2) is 42.5 Å². The van der Waals surface area contributed by atoms with Crippen LogP contribution in [0, 0.1) is 17.0 Å². The van der Waals surface area contributed by atoms with E-state index < -0.39 is 4.92 Å². The lowest BCUT2D eigenvalue weighted by atomic mass is 10.0. The summed E-state index contributed by atoms with van der Waals surface area (Å²) in [6.07, 6.45) is 2.29.